The van der Waals surface area contributed by atoms with Crippen LogP contribution in [0.25, 0.3) is 6.08 Å². The minimum atomic E-state index is -0.589. The van der Waals surface area contributed by atoms with Crippen LogP contribution in [-0.2, 0) is 0 Å². The molecule has 2 aliphatic carbocycles. The second-order valence-corrected chi connectivity index (χ2v) is 9.34. The fourth-order valence-electron chi connectivity index (χ4n) is 5.40. The Kier molecular flexibility index (Phi) is 6.21. The summed E-state index contributed by atoms with van der Waals surface area (Å²) in [5.41, 5.74) is 3.45. The summed E-state index contributed by atoms with van der Waals surface area (Å²) in [7, 11) is 0. The molecule has 0 radical (unpaired) electrons. The quantitative estimate of drug-likeness (QED) is 0.645. The summed E-state index contributed by atoms with van der Waals surface area (Å²) in [5.74, 6) is 0.726. The fourth-order valence-corrected chi connectivity index (χ4v) is 5.40. The zero-order chi connectivity index (χ0) is 19.6. The van der Waals surface area contributed by atoms with Gasteiger partial charge in [0.05, 0.1) is 12.7 Å². The smallest absolute Gasteiger partial charge is 0.0897 e. The lowest BCUT2D eigenvalue weighted by Crippen LogP contribution is -2.55. The highest BCUT2D eigenvalue weighted by atomic mass is 16.3. The van der Waals surface area contributed by atoms with E-state index in [2.05, 4.69) is 53.5 Å². The molecule has 4 rings (SSSR count). The van der Waals surface area contributed by atoms with Gasteiger partial charge < -0.3 is 20.4 Å². The molecule has 1 aromatic rings. The van der Waals surface area contributed by atoms with E-state index in [-0.39, 0.29) is 6.61 Å². The van der Waals surface area contributed by atoms with Crippen molar-refractivity contribution in [3.63, 3.8) is 0 Å². The van der Waals surface area contributed by atoms with Crippen molar-refractivity contribution >= 4 is 6.08 Å². The van der Waals surface area contributed by atoms with Gasteiger partial charge in [0.25, 0.3) is 0 Å². The van der Waals surface area contributed by atoms with Crippen molar-refractivity contribution in [2.45, 2.75) is 63.6 Å². The van der Waals surface area contributed by atoms with Gasteiger partial charge in [-0.2, -0.15) is 0 Å². The van der Waals surface area contributed by atoms with E-state index in [1.54, 1.807) is 5.57 Å². The Bertz CT molecular complexity index is 658. The first-order valence-electron chi connectivity index (χ1n) is 11.1. The summed E-state index contributed by atoms with van der Waals surface area (Å²) in [6.07, 6.45) is 9.35. The predicted octanol–water partition coefficient (Wildman–Crippen LogP) is 3.06. The van der Waals surface area contributed by atoms with Crippen LogP contribution in [-0.4, -0.2) is 59.5 Å². The molecule has 3 N–H and O–H groups in total. The lowest BCUT2D eigenvalue weighted by Gasteiger charge is -2.53. The molecule has 0 bridgehead atoms. The number of piperidine rings is 1. The average Bonchev–Trinajstić information content (AvgIpc) is 3.46. The number of hydrogen-bond donors (Lipinski definition) is 3. The van der Waals surface area contributed by atoms with E-state index < -0.39 is 6.10 Å². The summed E-state index contributed by atoms with van der Waals surface area (Å²) in [4.78, 5) is 2.31. The molecule has 4 nitrogen and oxygen atoms in total. The van der Waals surface area contributed by atoms with E-state index in [9.17, 15) is 5.11 Å². The average molecular weight is 385 g/mol. The van der Waals surface area contributed by atoms with Crippen LogP contribution < -0.4 is 5.32 Å². The van der Waals surface area contributed by atoms with Gasteiger partial charge in [0.15, 0.2) is 0 Å². The molecule has 1 aliphatic heterocycles. The van der Waals surface area contributed by atoms with E-state index >= 15 is 0 Å². The topological polar surface area (TPSA) is 55.7 Å². The molecule has 0 amide bonds. The summed E-state index contributed by atoms with van der Waals surface area (Å²) in [5, 5.41) is 22.6. The number of benzene rings is 1. The standard InChI is InChI=1S/C24H36N2O2/c1-2-19(12-18-6-4-3-5-7-18)22-13-23(22)25-20-14-24(15-20)8-10-26(11-9-24)16-21(28)17-27/h3-7,12,20-23,25,27-28H,2,8-11,13-17H2,1H3/b19-12+/t21-,22+,23-/m1/s1. The first-order valence-corrected chi connectivity index (χ1v) is 11.1. The van der Waals surface area contributed by atoms with Crippen molar-refractivity contribution in [1.29, 1.82) is 0 Å². The van der Waals surface area contributed by atoms with Gasteiger partial charge in [-0.3, -0.25) is 0 Å². The van der Waals surface area contributed by atoms with Crippen LogP contribution >= 0.6 is 0 Å². The van der Waals surface area contributed by atoms with Crippen molar-refractivity contribution in [1.82, 2.24) is 10.2 Å². The first kappa shape index (κ1) is 20.1. The number of aliphatic hydroxyl groups excluding tert-OH is 2. The van der Waals surface area contributed by atoms with E-state index in [1.807, 2.05) is 0 Å². The molecule has 2 saturated carbocycles. The van der Waals surface area contributed by atoms with Crippen molar-refractivity contribution in [3.05, 3.63) is 41.5 Å². The van der Waals surface area contributed by atoms with Gasteiger partial charge >= 0.3 is 0 Å². The highest BCUT2D eigenvalue weighted by Gasteiger charge is 2.49. The molecule has 154 valence electrons. The Balaban J connectivity index is 1.21. The lowest BCUT2D eigenvalue weighted by atomic mass is 9.60. The highest BCUT2D eigenvalue weighted by Crippen LogP contribution is 2.51. The Morgan fingerprint density at radius 1 is 1.25 bits per heavy atom. The van der Waals surface area contributed by atoms with Crippen molar-refractivity contribution < 1.29 is 10.2 Å². The number of hydrogen-bond acceptors (Lipinski definition) is 4. The molecule has 28 heavy (non-hydrogen) atoms. The molecule has 1 heterocycles. The third-order valence-corrected chi connectivity index (χ3v) is 7.23. The Morgan fingerprint density at radius 2 is 1.96 bits per heavy atom. The minimum Gasteiger partial charge on any atom is -0.394 e. The molecule has 0 aromatic heterocycles. The molecule has 1 spiro atoms. The molecular weight excluding hydrogens is 348 g/mol. The fraction of sp³-hybridized carbons (Fsp3) is 0.667. The van der Waals surface area contributed by atoms with Gasteiger partial charge in [0.1, 0.15) is 0 Å². The molecular formula is C24H36N2O2. The zero-order valence-corrected chi connectivity index (χ0v) is 17.2. The second-order valence-electron chi connectivity index (χ2n) is 9.34. The molecule has 3 aliphatic rings. The number of likely N-dealkylation sites (tertiary alicyclic amines) is 1. The predicted molar refractivity (Wildman–Crippen MR) is 114 cm³/mol. The van der Waals surface area contributed by atoms with Crippen LogP contribution in [0.5, 0.6) is 0 Å². The van der Waals surface area contributed by atoms with Gasteiger partial charge in [-0.15, -0.1) is 0 Å². The maximum atomic E-state index is 9.64. The highest BCUT2D eigenvalue weighted by molar-refractivity contribution is 5.54. The van der Waals surface area contributed by atoms with Crippen LogP contribution in [0.3, 0.4) is 0 Å². The second kappa shape index (κ2) is 8.66. The maximum absolute atomic E-state index is 9.64. The van der Waals surface area contributed by atoms with E-state index in [0.29, 0.717) is 24.0 Å². The molecule has 1 saturated heterocycles. The molecule has 0 unspecified atom stereocenters. The van der Waals surface area contributed by atoms with Gasteiger partial charge in [0.2, 0.25) is 0 Å². The van der Waals surface area contributed by atoms with Gasteiger partial charge in [-0.25, -0.2) is 0 Å². The third-order valence-electron chi connectivity index (χ3n) is 7.23. The van der Waals surface area contributed by atoms with E-state index in [1.165, 1.54) is 37.7 Å². The summed E-state index contributed by atoms with van der Waals surface area (Å²) in [6, 6.07) is 12.1. The molecule has 3 atom stereocenters. The van der Waals surface area contributed by atoms with Crippen LogP contribution in [0.15, 0.2) is 35.9 Å². The number of β-amino-alcohol motifs (C(OH)–C–C–N with tert-alkyl or cyclic N) is 1. The van der Waals surface area contributed by atoms with E-state index in [4.69, 9.17) is 5.11 Å². The monoisotopic (exact) mass is 384 g/mol. The Labute approximate surface area is 169 Å². The van der Waals surface area contributed by atoms with Gasteiger partial charge in [-0.05, 0) is 68.5 Å². The Hall–Kier alpha value is -1.20. The largest absolute Gasteiger partial charge is 0.394 e. The van der Waals surface area contributed by atoms with Crippen molar-refractivity contribution in [2.24, 2.45) is 11.3 Å². The SMILES string of the molecule is CC/C(=C\c1ccccc1)[C@@H]1C[C@H]1NC1CC2(CCN(C[C@@H](O)CO)CC2)C1. The normalized spacial score (nSPS) is 28.9. The van der Waals surface area contributed by atoms with Crippen molar-refractivity contribution in [2.75, 3.05) is 26.2 Å². The molecule has 4 heteroatoms. The summed E-state index contributed by atoms with van der Waals surface area (Å²) < 4.78 is 0. The van der Waals surface area contributed by atoms with Gasteiger partial charge in [0, 0.05) is 18.6 Å². The number of nitrogens with zero attached hydrogens (tertiary/aromatic N) is 1. The molecule has 1 aromatic carbocycles. The van der Waals surface area contributed by atoms with Crippen molar-refractivity contribution in [3.8, 4) is 0 Å². The third kappa shape index (κ3) is 4.68. The van der Waals surface area contributed by atoms with Crippen LogP contribution in [0.4, 0.5) is 0 Å². The summed E-state index contributed by atoms with van der Waals surface area (Å²) in [6.45, 7) is 4.90. The lowest BCUT2D eigenvalue weighted by molar-refractivity contribution is -0.0145. The van der Waals surface area contributed by atoms with Crippen LogP contribution in [0.2, 0.25) is 0 Å². The first-order chi connectivity index (χ1) is 13.6. The minimum absolute atomic E-state index is 0.130. The number of rotatable bonds is 8. The molecule has 3 fully saturated rings. The summed E-state index contributed by atoms with van der Waals surface area (Å²) >= 11 is 0. The van der Waals surface area contributed by atoms with Crippen LogP contribution in [0.1, 0.15) is 51.0 Å². The van der Waals surface area contributed by atoms with Gasteiger partial charge in [-0.1, -0.05) is 48.9 Å². The Morgan fingerprint density at radius 3 is 2.61 bits per heavy atom. The number of aliphatic hydroxyl groups is 2. The maximum Gasteiger partial charge on any atom is 0.0897 e. The van der Waals surface area contributed by atoms with E-state index in [0.717, 1.165) is 25.4 Å². The zero-order valence-electron chi connectivity index (χ0n) is 17.2. The number of nitrogens with one attached hydrogen (secondary N) is 1. The van der Waals surface area contributed by atoms with Crippen LogP contribution in [0, 0.1) is 11.3 Å².